The Hall–Kier alpha value is -1.38. The molecule has 0 fully saturated rings. The zero-order valence-electron chi connectivity index (χ0n) is 18.6. The van der Waals surface area contributed by atoms with Crippen LogP contribution >= 0.6 is 0 Å². The van der Waals surface area contributed by atoms with Crippen LogP contribution in [0.25, 0.3) is 0 Å². The van der Waals surface area contributed by atoms with E-state index in [1.807, 2.05) is 6.08 Å². The van der Waals surface area contributed by atoms with Gasteiger partial charge in [0.25, 0.3) is 0 Å². The van der Waals surface area contributed by atoms with Crippen molar-refractivity contribution >= 4 is 11.8 Å². The zero-order valence-corrected chi connectivity index (χ0v) is 18.6. The average molecular weight is 377 g/mol. The second-order valence-corrected chi connectivity index (χ2v) is 8.96. The zero-order chi connectivity index (χ0) is 20.7. The van der Waals surface area contributed by atoms with Crippen LogP contribution in [-0.2, 0) is 14.3 Å². The molecule has 0 spiro atoms. The third-order valence-electron chi connectivity index (χ3n) is 6.52. The van der Waals surface area contributed by atoms with Crippen molar-refractivity contribution in [3.63, 3.8) is 0 Å². The fourth-order valence-corrected chi connectivity index (χ4v) is 4.63. The SMILES string of the molecule is CC(=O)C1(C)CCC2=C(C1C)C(C)(C)CCC2.CCC=CCCOC(C)=O. The van der Waals surface area contributed by atoms with E-state index in [4.69, 9.17) is 4.74 Å². The first-order valence-electron chi connectivity index (χ1n) is 10.6. The second-order valence-electron chi connectivity index (χ2n) is 8.96. The fourth-order valence-electron chi connectivity index (χ4n) is 4.63. The Bertz CT molecular complexity index is 582. The number of ketones is 1. The fraction of sp³-hybridized carbons (Fsp3) is 0.750. The van der Waals surface area contributed by atoms with Gasteiger partial charge in [-0.15, -0.1) is 0 Å². The molecule has 2 aliphatic rings. The third-order valence-corrected chi connectivity index (χ3v) is 6.52. The van der Waals surface area contributed by atoms with Crippen molar-refractivity contribution in [2.45, 2.75) is 93.4 Å². The van der Waals surface area contributed by atoms with Gasteiger partial charge in [-0.05, 0) is 63.2 Å². The van der Waals surface area contributed by atoms with Gasteiger partial charge in [0.15, 0.2) is 0 Å². The molecule has 3 nitrogen and oxygen atoms in total. The number of esters is 1. The lowest BCUT2D eigenvalue weighted by molar-refractivity contribution is -0.140. The topological polar surface area (TPSA) is 43.4 Å². The van der Waals surface area contributed by atoms with E-state index in [0.29, 0.717) is 23.7 Å². The van der Waals surface area contributed by atoms with Gasteiger partial charge in [0.1, 0.15) is 5.78 Å². The molecule has 0 N–H and O–H groups in total. The molecule has 2 atom stereocenters. The Morgan fingerprint density at radius 1 is 1.11 bits per heavy atom. The molecule has 2 rings (SSSR count). The van der Waals surface area contributed by atoms with Gasteiger partial charge in [-0.2, -0.15) is 0 Å². The molecule has 0 saturated heterocycles. The highest BCUT2D eigenvalue weighted by Gasteiger charge is 2.46. The molecule has 3 heteroatoms. The predicted molar refractivity (Wildman–Crippen MR) is 113 cm³/mol. The number of carbonyl (C=O) groups is 2. The standard InChI is InChI=1S/C16H26O.C8H14O2/c1-11-14-13(7-6-9-15(14,3)4)8-10-16(11,5)12(2)17;1-3-4-5-6-7-10-8(2)9/h11H,6-10H2,1-5H3;4-5H,3,6-7H2,1-2H3. The Morgan fingerprint density at radius 2 is 1.78 bits per heavy atom. The normalized spacial score (nSPS) is 26.9. The van der Waals surface area contributed by atoms with Crippen LogP contribution in [0.2, 0.25) is 0 Å². The molecular weight excluding hydrogens is 336 g/mol. The van der Waals surface area contributed by atoms with Gasteiger partial charge in [0.2, 0.25) is 0 Å². The van der Waals surface area contributed by atoms with Crippen LogP contribution in [0.15, 0.2) is 23.3 Å². The maximum Gasteiger partial charge on any atom is 0.302 e. The van der Waals surface area contributed by atoms with E-state index in [1.165, 1.54) is 26.2 Å². The molecule has 154 valence electrons. The summed E-state index contributed by atoms with van der Waals surface area (Å²) >= 11 is 0. The molecule has 0 radical (unpaired) electrons. The van der Waals surface area contributed by atoms with Crippen molar-refractivity contribution in [1.29, 1.82) is 0 Å². The number of ether oxygens (including phenoxy) is 1. The van der Waals surface area contributed by atoms with E-state index in [2.05, 4.69) is 40.7 Å². The largest absolute Gasteiger partial charge is 0.466 e. The van der Waals surface area contributed by atoms with Crippen LogP contribution in [0.4, 0.5) is 0 Å². The highest BCUT2D eigenvalue weighted by Crippen LogP contribution is 2.54. The number of allylic oxidation sites excluding steroid dienone is 3. The van der Waals surface area contributed by atoms with E-state index >= 15 is 0 Å². The minimum Gasteiger partial charge on any atom is -0.466 e. The summed E-state index contributed by atoms with van der Waals surface area (Å²) in [6.45, 7) is 15.0. The van der Waals surface area contributed by atoms with Crippen molar-refractivity contribution < 1.29 is 14.3 Å². The van der Waals surface area contributed by atoms with Crippen LogP contribution in [0.5, 0.6) is 0 Å². The quantitative estimate of drug-likeness (QED) is 0.316. The van der Waals surface area contributed by atoms with Gasteiger partial charge in [0.05, 0.1) is 6.61 Å². The minimum absolute atomic E-state index is 0.118. The molecule has 0 aliphatic heterocycles. The Morgan fingerprint density at radius 3 is 2.33 bits per heavy atom. The summed E-state index contributed by atoms with van der Waals surface area (Å²) in [6.07, 6.45) is 12.0. The molecule has 0 saturated carbocycles. The maximum atomic E-state index is 12.0. The molecule has 27 heavy (non-hydrogen) atoms. The summed E-state index contributed by atoms with van der Waals surface area (Å²) in [7, 11) is 0. The van der Waals surface area contributed by atoms with E-state index in [9.17, 15) is 9.59 Å². The summed E-state index contributed by atoms with van der Waals surface area (Å²) in [4.78, 5) is 22.2. The monoisotopic (exact) mass is 376 g/mol. The molecule has 2 unspecified atom stereocenters. The first-order valence-corrected chi connectivity index (χ1v) is 10.6. The van der Waals surface area contributed by atoms with Crippen LogP contribution < -0.4 is 0 Å². The van der Waals surface area contributed by atoms with Crippen LogP contribution in [0, 0.1) is 16.7 Å². The lowest BCUT2D eigenvalue weighted by Gasteiger charge is -2.48. The molecule has 2 aliphatic carbocycles. The van der Waals surface area contributed by atoms with Gasteiger partial charge in [-0.25, -0.2) is 0 Å². The molecule has 0 aromatic carbocycles. The van der Waals surface area contributed by atoms with Crippen molar-refractivity contribution in [3.05, 3.63) is 23.3 Å². The third kappa shape index (κ3) is 6.33. The predicted octanol–water partition coefficient (Wildman–Crippen LogP) is 6.42. The van der Waals surface area contributed by atoms with Gasteiger partial charge >= 0.3 is 5.97 Å². The summed E-state index contributed by atoms with van der Waals surface area (Å²) in [5.74, 6) is 0.599. The lowest BCUT2D eigenvalue weighted by atomic mass is 9.55. The smallest absolute Gasteiger partial charge is 0.302 e. The van der Waals surface area contributed by atoms with Gasteiger partial charge < -0.3 is 4.74 Å². The Kier molecular flexibility index (Phi) is 8.98. The molecule has 0 amide bonds. The van der Waals surface area contributed by atoms with Crippen LogP contribution in [0.3, 0.4) is 0 Å². The first kappa shape index (κ1) is 23.7. The summed E-state index contributed by atoms with van der Waals surface area (Å²) in [6, 6.07) is 0. The average Bonchev–Trinajstić information content (AvgIpc) is 2.57. The van der Waals surface area contributed by atoms with Crippen molar-refractivity contribution in [2.75, 3.05) is 6.61 Å². The van der Waals surface area contributed by atoms with E-state index in [1.54, 1.807) is 18.1 Å². The number of carbonyl (C=O) groups excluding carboxylic acids is 2. The number of hydrogen-bond acceptors (Lipinski definition) is 3. The summed E-state index contributed by atoms with van der Waals surface area (Å²) < 4.78 is 4.70. The molecule has 0 aromatic rings. The van der Waals surface area contributed by atoms with E-state index < -0.39 is 0 Å². The molecule has 0 bridgehead atoms. The molecule has 0 aromatic heterocycles. The van der Waals surface area contributed by atoms with Gasteiger partial charge in [-0.3, -0.25) is 9.59 Å². The summed E-state index contributed by atoms with van der Waals surface area (Å²) in [5, 5.41) is 0. The van der Waals surface area contributed by atoms with Gasteiger partial charge in [0, 0.05) is 12.3 Å². The summed E-state index contributed by atoms with van der Waals surface area (Å²) in [5.41, 5.74) is 3.48. The number of rotatable bonds is 5. The Balaban J connectivity index is 0.000000314. The minimum atomic E-state index is -0.204. The Labute approximate surface area is 166 Å². The highest BCUT2D eigenvalue weighted by atomic mass is 16.5. The lowest BCUT2D eigenvalue weighted by Crippen LogP contribution is -2.42. The second kappa shape index (κ2) is 10.2. The van der Waals surface area contributed by atoms with Crippen LogP contribution in [0.1, 0.15) is 93.4 Å². The van der Waals surface area contributed by atoms with E-state index in [0.717, 1.165) is 25.7 Å². The highest BCUT2D eigenvalue weighted by molar-refractivity contribution is 5.83. The van der Waals surface area contributed by atoms with Crippen LogP contribution in [-0.4, -0.2) is 18.4 Å². The maximum absolute atomic E-state index is 12.0. The van der Waals surface area contributed by atoms with E-state index in [-0.39, 0.29) is 11.4 Å². The number of Topliss-reactive ketones (excluding diaryl/α,β-unsaturated/α-hetero) is 1. The molecular formula is C24H40O3. The van der Waals surface area contributed by atoms with Crippen molar-refractivity contribution in [3.8, 4) is 0 Å². The molecule has 0 heterocycles. The van der Waals surface area contributed by atoms with Crippen molar-refractivity contribution in [2.24, 2.45) is 16.7 Å². The van der Waals surface area contributed by atoms with Crippen molar-refractivity contribution in [1.82, 2.24) is 0 Å². The number of hydrogen-bond donors (Lipinski definition) is 0. The first-order chi connectivity index (χ1) is 12.6. The van der Waals surface area contributed by atoms with Gasteiger partial charge in [-0.1, -0.05) is 57.9 Å².